The maximum Gasteiger partial charge on any atom is 0.118 e. The number of benzene rings is 1. The summed E-state index contributed by atoms with van der Waals surface area (Å²) >= 11 is 5.37. The van der Waals surface area contributed by atoms with Crippen LogP contribution in [0.25, 0.3) is 0 Å². The largest absolute Gasteiger partial charge is 0.497 e. The first-order valence-corrected chi connectivity index (χ1v) is 8.92. The average Bonchev–Trinajstić information content (AvgIpc) is 2.91. The topological polar surface area (TPSA) is 21.3 Å². The fourth-order valence-electron chi connectivity index (χ4n) is 2.40. The summed E-state index contributed by atoms with van der Waals surface area (Å²) < 4.78 is 6.41. The molecule has 2 aromatic rings. The minimum atomic E-state index is 0.530. The van der Waals surface area contributed by atoms with Crippen molar-refractivity contribution in [1.82, 2.24) is 5.32 Å². The van der Waals surface area contributed by atoms with Crippen LogP contribution in [-0.4, -0.2) is 19.7 Å². The highest BCUT2D eigenvalue weighted by molar-refractivity contribution is 9.11. The number of hydrogen-bond donors (Lipinski definition) is 1. The van der Waals surface area contributed by atoms with Crippen molar-refractivity contribution in [3.8, 4) is 5.75 Å². The first kappa shape index (κ1) is 16.5. The molecule has 0 radical (unpaired) electrons. The van der Waals surface area contributed by atoms with E-state index in [0.717, 1.165) is 31.6 Å². The van der Waals surface area contributed by atoms with Crippen molar-refractivity contribution in [3.63, 3.8) is 0 Å². The third-order valence-electron chi connectivity index (χ3n) is 3.51. The molecule has 114 valence electrons. The molecule has 0 aliphatic rings. The van der Waals surface area contributed by atoms with Crippen LogP contribution in [0.4, 0.5) is 0 Å². The van der Waals surface area contributed by atoms with Crippen LogP contribution in [0.3, 0.4) is 0 Å². The van der Waals surface area contributed by atoms with Crippen LogP contribution >= 0.6 is 27.3 Å². The molecule has 0 bridgehead atoms. The van der Waals surface area contributed by atoms with E-state index in [0.29, 0.717) is 6.04 Å². The summed E-state index contributed by atoms with van der Waals surface area (Å²) in [5, 5.41) is 3.60. The third kappa shape index (κ3) is 5.46. The van der Waals surface area contributed by atoms with Gasteiger partial charge >= 0.3 is 0 Å². The second-order valence-electron chi connectivity index (χ2n) is 5.05. The van der Waals surface area contributed by atoms with E-state index in [1.54, 1.807) is 7.11 Å². The van der Waals surface area contributed by atoms with Crippen LogP contribution in [0.15, 0.2) is 40.2 Å². The van der Waals surface area contributed by atoms with Gasteiger partial charge in [0.1, 0.15) is 5.75 Å². The van der Waals surface area contributed by atoms with E-state index in [-0.39, 0.29) is 0 Å². The summed E-state index contributed by atoms with van der Waals surface area (Å²) in [4.78, 5) is 1.43. The quantitative estimate of drug-likeness (QED) is 0.731. The van der Waals surface area contributed by atoms with E-state index >= 15 is 0 Å². The molecule has 0 amide bonds. The molecule has 2 nitrogen and oxygen atoms in total. The lowest BCUT2D eigenvalue weighted by Gasteiger charge is -2.17. The number of halogens is 1. The van der Waals surface area contributed by atoms with E-state index in [9.17, 15) is 0 Å². The zero-order chi connectivity index (χ0) is 15.1. The summed E-state index contributed by atoms with van der Waals surface area (Å²) in [5.41, 5.74) is 1.37. The van der Waals surface area contributed by atoms with Gasteiger partial charge in [-0.2, -0.15) is 0 Å². The highest BCUT2D eigenvalue weighted by Gasteiger charge is 2.10. The monoisotopic (exact) mass is 367 g/mol. The molecule has 0 aliphatic heterocycles. The molecule has 2 rings (SSSR count). The Balaban J connectivity index is 1.89. The summed E-state index contributed by atoms with van der Waals surface area (Å²) in [6.07, 6.45) is 3.34. The van der Waals surface area contributed by atoms with Gasteiger partial charge in [0.15, 0.2) is 0 Å². The predicted molar refractivity (Wildman–Crippen MR) is 94.5 cm³/mol. The standard InChI is InChI=1S/C17H22BrNOS/c1-3-19-14(12-16-10-11-17(18)21-16)7-4-13-5-8-15(20-2)9-6-13/h5-6,8-11,14,19H,3-4,7,12H2,1-2H3. The van der Waals surface area contributed by atoms with Gasteiger partial charge < -0.3 is 10.1 Å². The van der Waals surface area contributed by atoms with Gasteiger partial charge in [-0.1, -0.05) is 19.1 Å². The van der Waals surface area contributed by atoms with E-state index in [4.69, 9.17) is 4.74 Å². The summed E-state index contributed by atoms with van der Waals surface area (Å²) in [5.74, 6) is 0.922. The maximum absolute atomic E-state index is 5.20. The number of thiophene rings is 1. The molecule has 1 N–H and O–H groups in total. The lowest BCUT2D eigenvalue weighted by Crippen LogP contribution is -2.31. The second-order valence-corrected chi connectivity index (χ2v) is 7.60. The zero-order valence-electron chi connectivity index (χ0n) is 12.6. The molecule has 0 fully saturated rings. The number of ether oxygens (including phenoxy) is 1. The van der Waals surface area contributed by atoms with Crippen molar-refractivity contribution in [2.75, 3.05) is 13.7 Å². The van der Waals surface area contributed by atoms with E-state index < -0.39 is 0 Å². The molecule has 0 aliphatic carbocycles. The lowest BCUT2D eigenvalue weighted by molar-refractivity contribution is 0.414. The fraction of sp³-hybridized carbons (Fsp3) is 0.412. The van der Waals surface area contributed by atoms with E-state index in [1.807, 2.05) is 23.5 Å². The predicted octanol–water partition coefficient (Wildman–Crippen LogP) is 4.67. The number of likely N-dealkylation sites (N-methyl/N-ethyl adjacent to an activating group) is 1. The molecular formula is C17H22BrNOS. The van der Waals surface area contributed by atoms with Crippen LogP contribution in [0.5, 0.6) is 5.75 Å². The molecule has 0 saturated heterocycles. The molecule has 1 unspecified atom stereocenters. The minimum absolute atomic E-state index is 0.530. The van der Waals surface area contributed by atoms with Gasteiger partial charge in [0, 0.05) is 10.9 Å². The van der Waals surface area contributed by atoms with Crippen molar-refractivity contribution in [1.29, 1.82) is 0 Å². The third-order valence-corrected chi connectivity index (χ3v) is 5.16. The zero-order valence-corrected chi connectivity index (χ0v) is 15.0. The molecule has 0 spiro atoms. The fourth-order valence-corrected chi connectivity index (χ4v) is 3.97. The number of rotatable bonds is 8. The Labute approximate surface area is 139 Å². The molecule has 4 heteroatoms. The minimum Gasteiger partial charge on any atom is -0.497 e. The normalized spacial score (nSPS) is 12.3. The Bertz CT molecular complexity index is 538. The van der Waals surface area contributed by atoms with Gasteiger partial charge in [0.25, 0.3) is 0 Å². The van der Waals surface area contributed by atoms with Gasteiger partial charge in [-0.05, 0) is 71.6 Å². The van der Waals surface area contributed by atoms with Crippen LogP contribution in [0.2, 0.25) is 0 Å². The first-order chi connectivity index (χ1) is 10.2. The van der Waals surface area contributed by atoms with Crippen molar-refractivity contribution in [2.45, 2.75) is 32.2 Å². The van der Waals surface area contributed by atoms with Crippen LogP contribution < -0.4 is 10.1 Å². The Morgan fingerprint density at radius 3 is 2.52 bits per heavy atom. The number of nitrogens with one attached hydrogen (secondary N) is 1. The Morgan fingerprint density at radius 2 is 1.95 bits per heavy atom. The van der Waals surface area contributed by atoms with E-state index in [1.165, 1.54) is 14.2 Å². The molecule has 1 aromatic carbocycles. The Morgan fingerprint density at radius 1 is 1.19 bits per heavy atom. The van der Waals surface area contributed by atoms with Crippen molar-refractivity contribution >= 4 is 27.3 Å². The van der Waals surface area contributed by atoms with Crippen molar-refractivity contribution in [3.05, 3.63) is 50.6 Å². The number of aryl methyl sites for hydroxylation is 1. The lowest BCUT2D eigenvalue weighted by atomic mass is 10.0. The molecular weight excluding hydrogens is 346 g/mol. The van der Waals surface area contributed by atoms with Crippen molar-refractivity contribution in [2.24, 2.45) is 0 Å². The number of hydrogen-bond acceptors (Lipinski definition) is 3. The second kappa shape index (κ2) is 8.57. The first-order valence-electron chi connectivity index (χ1n) is 7.31. The van der Waals surface area contributed by atoms with Crippen LogP contribution in [0, 0.1) is 0 Å². The molecule has 0 saturated carbocycles. The highest BCUT2D eigenvalue weighted by Crippen LogP contribution is 2.24. The highest BCUT2D eigenvalue weighted by atomic mass is 79.9. The Kier molecular flexibility index (Phi) is 6.74. The average molecular weight is 368 g/mol. The van der Waals surface area contributed by atoms with Crippen LogP contribution in [0.1, 0.15) is 23.8 Å². The van der Waals surface area contributed by atoms with Gasteiger partial charge in [-0.15, -0.1) is 11.3 Å². The SMILES string of the molecule is CCNC(CCc1ccc(OC)cc1)Cc1ccc(Br)s1. The Hall–Kier alpha value is -0.840. The van der Waals surface area contributed by atoms with Gasteiger partial charge in [-0.3, -0.25) is 0 Å². The molecule has 1 aromatic heterocycles. The molecule has 1 atom stereocenters. The van der Waals surface area contributed by atoms with Gasteiger partial charge in [0.2, 0.25) is 0 Å². The summed E-state index contributed by atoms with van der Waals surface area (Å²) in [6.45, 7) is 3.19. The maximum atomic E-state index is 5.20. The van der Waals surface area contributed by atoms with Gasteiger partial charge in [0.05, 0.1) is 10.9 Å². The van der Waals surface area contributed by atoms with E-state index in [2.05, 4.69) is 52.4 Å². The molecule has 21 heavy (non-hydrogen) atoms. The summed E-state index contributed by atoms with van der Waals surface area (Å²) in [7, 11) is 1.70. The molecule has 1 heterocycles. The summed E-state index contributed by atoms with van der Waals surface area (Å²) in [6, 6.07) is 13.3. The van der Waals surface area contributed by atoms with Crippen LogP contribution in [-0.2, 0) is 12.8 Å². The van der Waals surface area contributed by atoms with Gasteiger partial charge in [-0.25, -0.2) is 0 Å². The van der Waals surface area contributed by atoms with Crippen molar-refractivity contribution < 1.29 is 4.74 Å². The smallest absolute Gasteiger partial charge is 0.118 e. The number of methoxy groups -OCH3 is 1.